The smallest absolute Gasteiger partial charge is 0.225 e. The lowest BCUT2D eigenvalue weighted by atomic mass is 10.1. The molecule has 0 aromatic carbocycles. The summed E-state index contributed by atoms with van der Waals surface area (Å²) in [5.74, 6) is 1.23. The number of anilines is 1. The monoisotopic (exact) mass is 247 g/mol. The van der Waals surface area contributed by atoms with Crippen LogP contribution >= 0.6 is 0 Å². The number of hydrogen-bond donors (Lipinski definition) is 1. The third-order valence-corrected chi connectivity index (χ3v) is 2.93. The maximum atomic E-state index is 5.66. The van der Waals surface area contributed by atoms with E-state index in [4.69, 9.17) is 10.5 Å². The van der Waals surface area contributed by atoms with Crippen LogP contribution in [0.5, 0.6) is 5.88 Å². The summed E-state index contributed by atoms with van der Waals surface area (Å²) in [4.78, 5) is 8.15. The first-order chi connectivity index (χ1) is 8.56. The van der Waals surface area contributed by atoms with Crippen LogP contribution in [0.3, 0.4) is 0 Å². The summed E-state index contributed by atoms with van der Waals surface area (Å²) in [6, 6.07) is 1.72. The molecule has 96 valence electrons. The van der Waals surface area contributed by atoms with Gasteiger partial charge in [-0.25, -0.2) is 4.68 Å². The van der Waals surface area contributed by atoms with Crippen molar-refractivity contribution in [2.24, 2.45) is 0 Å². The van der Waals surface area contributed by atoms with Gasteiger partial charge in [-0.1, -0.05) is 6.92 Å². The Hall–Kier alpha value is -2.11. The minimum atomic E-state index is 0.176. The van der Waals surface area contributed by atoms with E-state index >= 15 is 0 Å². The molecule has 2 aromatic rings. The molecule has 0 bridgehead atoms. The Balaban J connectivity index is 2.58. The minimum absolute atomic E-state index is 0.176. The number of nitrogens with zero attached hydrogens (tertiary/aromatic N) is 4. The number of rotatable bonds is 3. The van der Waals surface area contributed by atoms with Gasteiger partial charge in [-0.15, -0.1) is 0 Å². The van der Waals surface area contributed by atoms with E-state index in [-0.39, 0.29) is 5.95 Å². The maximum Gasteiger partial charge on any atom is 0.225 e. The molecule has 0 amide bonds. The molecule has 0 aliphatic rings. The SMILES string of the molecule is CCc1c(C)nn(-c2cc(OC)nc(N)n2)c1C. The van der Waals surface area contributed by atoms with Gasteiger partial charge in [0.1, 0.15) is 0 Å². The molecular formula is C12H17N5O. The van der Waals surface area contributed by atoms with Crippen LogP contribution in [-0.4, -0.2) is 26.9 Å². The molecule has 0 aliphatic carbocycles. The van der Waals surface area contributed by atoms with Crippen LogP contribution in [0.1, 0.15) is 23.9 Å². The third kappa shape index (κ3) is 2.01. The fourth-order valence-electron chi connectivity index (χ4n) is 2.05. The molecule has 2 aromatic heterocycles. The highest BCUT2D eigenvalue weighted by Crippen LogP contribution is 2.19. The van der Waals surface area contributed by atoms with Crippen molar-refractivity contribution in [3.8, 4) is 11.7 Å². The molecule has 0 radical (unpaired) electrons. The van der Waals surface area contributed by atoms with Crippen molar-refractivity contribution in [2.75, 3.05) is 12.8 Å². The average molecular weight is 247 g/mol. The van der Waals surface area contributed by atoms with Crippen molar-refractivity contribution >= 4 is 5.95 Å². The van der Waals surface area contributed by atoms with E-state index in [0.29, 0.717) is 11.7 Å². The lowest BCUT2D eigenvalue weighted by molar-refractivity contribution is 0.397. The molecule has 18 heavy (non-hydrogen) atoms. The standard InChI is InChI=1S/C12H17N5O/c1-5-9-7(2)16-17(8(9)3)10-6-11(18-4)15-12(13)14-10/h6H,5H2,1-4H3,(H2,13,14,15). The zero-order chi connectivity index (χ0) is 13.3. The predicted molar refractivity (Wildman–Crippen MR) is 69.0 cm³/mol. The van der Waals surface area contributed by atoms with Crippen LogP contribution in [0.2, 0.25) is 0 Å². The third-order valence-electron chi connectivity index (χ3n) is 2.93. The quantitative estimate of drug-likeness (QED) is 0.887. The van der Waals surface area contributed by atoms with Crippen LogP contribution in [0, 0.1) is 13.8 Å². The van der Waals surface area contributed by atoms with Crippen LogP contribution in [-0.2, 0) is 6.42 Å². The summed E-state index contributed by atoms with van der Waals surface area (Å²) in [5.41, 5.74) is 8.95. The van der Waals surface area contributed by atoms with E-state index in [9.17, 15) is 0 Å². The summed E-state index contributed by atoms with van der Waals surface area (Å²) in [5, 5.41) is 4.48. The normalized spacial score (nSPS) is 10.7. The Morgan fingerprint density at radius 3 is 2.61 bits per heavy atom. The fourth-order valence-corrected chi connectivity index (χ4v) is 2.05. The Labute approximate surface area is 106 Å². The van der Waals surface area contributed by atoms with Crippen molar-refractivity contribution in [1.82, 2.24) is 19.7 Å². The lowest BCUT2D eigenvalue weighted by Crippen LogP contribution is -2.07. The molecule has 0 unspecified atom stereocenters. The highest BCUT2D eigenvalue weighted by molar-refractivity contribution is 5.38. The first-order valence-electron chi connectivity index (χ1n) is 5.80. The molecule has 2 N–H and O–H groups in total. The zero-order valence-electron chi connectivity index (χ0n) is 11.1. The topological polar surface area (TPSA) is 78.8 Å². The van der Waals surface area contributed by atoms with Crippen molar-refractivity contribution in [3.63, 3.8) is 0 Å². The second-order valence-electron chi connectivity index (χ2n) is 4.04. The summed E-state index contributed by atoms with van der Waals surface area (Å²) in [7, 11) is 1.55. The number of nitrogen functional groups attached to an aromatic ring is 1. The number of aromatic nitrogens is 4. The largest absolute Gasteiger partial charge is 0.481 e. The molecule has 0 atom stereocenters. The van der Waals surface area contributed by atoms with E-state index in [0.717, 1.165) is 17.8 Å². The van der Waals surface area contributed by atoms with Gasteiger partial charge >= 0.3 is 0 Å². The Kier molecular flexibility index (Phi) is 3.18. The van der Waals surface area contributed by atoms with E-state index in [2.05, 4.69) is 22.0 Å². The van der Waals surface area contributed by atoms with E-state index in [1.807, 2.05) is 13.8 Å². The second kappa shape index (κ2) is 4.64. The van der Waals surface area contributed by atoms with Gasteiger partial charge in [-0.2, -0.15) is 15.1 Å². The van der Waals surface area contributed by atoms with Gasteiger partial charge in [0.15, 0.2) is 5.82 Å². The Bertz CT molecular complexity index is 576. The lowest BCUT2D eigenvalue weighted by Gasteiger charge is -2.06. The minimum Gasteiger partial charge on any atom is -0.481 e. The van der Waals surface area contributed by atoms with Gasteiger partial charge in [0, 0.05) is 11.8 Å². The predicted octanol–water partition coefficient (Wildman–Crippen LogP) is 1.43. The summed E-state index contributed by atoms with van der Waals surface area (Å²) in [6.07, 6.45) is 0.940. The molecular weight excluding hydrogens is 230 g/mol. The highest BCUT2D eigenvalue weighted by atomic mass is 16.5. The van der Waals surface area contributed by atoms with Gasteiger partial charge in [0.05, 0.1) is 12.8 Å². The molecule has 0 aliphatic heterocycles. The molecule has 0 saturated heterocycles. The van der Waals surface area contributed by atoms with E-state index in [1.54, 1.807) is 17.9 Å². The van der Waals surface area contributed by atoms with Crippen molar-refractivity contribution < 1.29 is 4.74 Å². The second-order valence-corrected chi connectivity index (χ2v) is 4.04. The fraction of sp³-hybridized carbons (Fsp3) is 0.417. The van der Waals surface area contributed by atoms with Gasteiger partial charge in [0.25, 0.3) is 0 Å². The average Bonchev–Trinajstić information content (AvgIpc) is 2.63. The Morgan fingerprint density at radius 2 is 2.06 bits per heavy atom. The molecule has 6 heteroatoms. The van der Waals surface area contributed by atoms with E-state index < -0.39 is 0 Å². The summed E-state index contributed by atoms with van der Waals surface area (Å²) < 4.78 is 6.86. The summed E-state index contributed by atoms with van der Waals surface area (Å²) >= 11 is 0. The van der Waals surface area contributed by atoms with Crippen LogP contribution < -0.4 is 10.5 Å². The van der Waals surface area contributed by atoms with Crippen LogP contribution in [0.4, 0.5) is 5.95 Å². The van der Waals surface area contributed by atoms with Gasteiger partial charge in [-0.3, -0.25) is 0 Å². The zero-order valence-corrected chi connectivity index (χ0v) is 11.1. The molecule has 2 rings (SSSR count). The number of ether oxygens (including phenoxy) is 1. The number of methoxy groups -OCH3 is 1. The van der Waals surface area contributed by atoms with Crippen molar-refractivity contribution in [3.05, 3.63) is 23.0 Å². The van der Waals surface area contributed by atoms with Gasteiger partial charge in [-0.05, 0) is 25.8 Å². The van der Waals surface area contributed by atoms with Crippen LogP contribution in [0.15, 0.2) is 6.07 Å². The number of nitrogens with two attached hydrogens (primary N) is 1. The number of aryl methyl sites for hydroxylation is 1. The molecule has 6 nitrogen and oxygen atoms in total. The molecule has 2 heterocycles. The highest BCUT2D eigenvalue weighted by Gasteiger charge is 2.13. The molecule has 0 saturated carbocycles. The molecule has 0 spiro atoms. The Morgan fingerprint density at radius 1 is 1.33 bits per heavy atom. The first-order valence-corrected chi connectivity index (χ1v) is 5.80. The first kappa shape index (κ1) is 12.3. The van der Waals surface area contributed by atoms with Crippen molar-refractivity contribution in [2.45, 2.75) is 27.2 Å². The molecule has 0 fully saturated rings. The number of hydrogen-bond acceptors (Lipinski definition) is 5. The van der Waals surface area contributed by atoms with E-state index in [1.165, 1.54) is 5.56 Å². The van der Waals surface area contributed by atoms with Crippen molar-refractivity contribution in [1.29, 1.82) is 0 Å². The maximum absolute atomic E-state index is 5.66. The van der Waals surface area contributed by atoms with Gasteiger partial charge < -0.3 is 10.5 Å². The van der Waals surface area contributed by atoms with Gasteiger partial charge in [0.2, 0.25) is 11.8 Å². The van der Waals surface area contributed by atoms with Crippen LogP contribution in [0.25, 0.3) is 5.82 Å². The summed E-state index contributed by atoms with van der Waals surface area (Å²) in [6.45, 7) is 6.12.